The van der Waals surface area contributed by atoms with Crippen LogP contribution in [0.25, 0.3) is 0 Å². The topological polar surface area (TPSA) is 44.3 Å². The van der Waals surface area contributed by atoms with Gasteiger partial charge in [-0.3, -0.25) is 0 Å². The number of alkyl halides is 2. The van der Waals surface area contributed by atoms with Crippen LogP contribution in [-0.2, 0) is 0 Å². The molecule has 5 heteroatoms. The zero-order chi connectivity index (χ0) is 11.5. The van der Waals surface area contributed by atoms with Gasteiger partial charge in [0.25, 0.3) is 5.92 Å². The highest BCUT2D eigenvalue weighted by atomic mass is 19.3. The van der Waals surface area contributed by atoms with E-state index in [1.807, 2.05) is 13.8 Å². The molecule has 2 atom stereocenters. The molecule has 15 heavy (non-hydrogen) atoms. The summed E-state index contributed by atoms with van der Waals surface area (Å²) in [5.41, 5.74) is -1.90. The zero-order valence-corrected chi connectivity index (χ0v) is 9.32. The van der Waals surface area contributed by atoms with Gasteiger partial charge in [-0.15, -0.1) is 0 Å². The molecule has 90 valence electrons. The van der Waals surface area contributed by atoms with Crippen LogP contribution in [0, 0.1) is 0 Å². The van der Waals surface area contributed by atoms with Crippen molar-refractivity contribution in [2.75, 3.05) is 19.6 Å². The van der Waals surface area contributed by atoms with Gasteiger partial charge in [-0.1, -0.05) is 6.92 Å². The maximum absolute atomic E-state index is 13.5. The lowest BCUT2D eigenvalue weighted by molar-refractivity contribution is -0.191. The second kappa shape index (κ2) is 4.72. The number of nitrogens with one attached hydrogen (secondary N) is 2. The minimum absolute atomic E-state index is 0.0450. The van der Waals surface area contributed by atoms with E-state index < -0.39 is 18.1 Å². The molecule has 0 aromatic heterocycles. The summed E-state index contributed by atoms with van der Waals surface area (Å²) in [7, 11) is 0. The van der Waals surface area contributed by atoms with Gasteiger partial charge in [0.2, 0.25) is 0 Å². The van der Waals surface area contributed by atoms with Crippen LogP contribution < -0.4 is 10.6 Å². The predicted octanol–water partition coefficient (Wildman–Crippen LogP) is 0.734. The fraction of sp³-hybridized carbons (Fsp3) is 1.00. The average molecular weight is 222 g/mol. The van der Waals surface area contributed by atoms with E-state index in [-0.39, 0.29) is 19.0 Å². The Labute approximate surface area is 89.2 Å². The minimum atomic E-state index is -3.05. The summed E-state index contributed by atoms with van der Waals surface area (Å²) >= 11 is 0. The quantitative estimate of drug-likeness (QED) is 0.657. The molecule has 1 aliphatic heterocycles. The molecule has 1 heterocycles. The number of hydrogen-bond donors (Lipinski definition) is 3. The summed E-state index contributed by atoms with van der Waals surface area (Å²) in [5.74, 6) is -3.05. The smallest absolute Gasteiger partial charge is 0.289 e. The van der Waals surface area contributed by atoms with Gasteiger partial charge in [-0.05, 0) is 26.3 Å². The van der Waals surface area contributed by atoms with Crippen molar-refractivity contribution in [3.05, 3.63) is 0 Å². The van der Waals surface area contributed by atoms with E-state index >= 15 is 0 Å². The predicted molar refractivity (Wildman–Crippen MR) is 55.1 cm³/mol. The van der Waals surface area contributed by atoms with Crippen molar-refractivity contribution in [3.8, 4) is 0 Å². The zero-order valence-electron chi connectivity index (χ0n) is 9.32. The molecule has 2 unspecified atom stereocenters. The molecule has 0 bridgehead atoms. The van der Waals surface area contributed by atoms with Gasteiger partial charge in [-0.2, -0.15) is 0 Å². The Morgan fingerprint density at radius 1 is 1.53 bits per heavy atom. The second-order valence-corrected chi connectivity index (χ2v) is 4.35. The molecule has 0 aliphatic carbocycles. The molecular weight excluding hydrogens is 202 g/mol. The monoisotopic (exact) mass is 222 g/mol. The lowest BCUT2D eigenvalue weighted by Gasteiger charge is -2.40. The number of rotatable bonds is 4. The van der Waals surface area contributed by atoms with E-state index in [4.69, 9.17) is 0 Å². The minimum Gasteiger partial charge on any atom is -0.382 e. The van der Waals surface area contributed by atoms with Crippen LogP contribution >= 0.6 is 0 Å². The summed E-state index contributed by atoms with van der Waals surface area (Å²) in [4.78, 5) is 0. The molecule has 0 aromatic rings. The molecule has 0 amide bonds. The van der Waals surface area contributed by atoms with Crippen LogP contribution in [0.1, 0.15) is 26.7 Å². The normalized spacial score (nSPS) is 32.6. The summed E-state index contributed by atoms with van der Waals surface area (Å²) in [6.07, 6.45) is 0.948. The summed E-state index contributed by atoms with van der Waals surface area (Å²) in [6, 6.07) is 0.153. The first-order valence-corrected chi connectivity index (χ1v) is 5.45. The first-order chi connectivity index (χ1) is 6.91. The van der Waals surface area contributed by atoms with E-state index in [1.54, 1.807) is 0 Å². The molecule has 1 saturated heterocycles. The van der Waals surface area contributed by atoms with Gasteiger partial charge in [0, 0.05) is 12.6 Å². The van der Waals surface area contributed by atoms with E-state index in [1.165, 1.54) is 0 Å². The fourth-order valence-corrected chi connectivity index (χ4v) is 1.59. The van der Waals surface area contributed by atoms with E-state index in [9.17, 15) is 13.9 Å². The molecule has 0 radical (unpaired) electrons. The van der Waals surface area contributed by atoms with Gasteiger partial charge < -0.3 is 15.7 Å². The highest BCUT2D eigenvalue weighted by molar-refractivity contribution is 5.00. The number of halogens is 2. The van der Waals surface area contributed by atoms with Gasteiger partial charge in [-0.25, -0.2) is 8.78 Å². The lowest BCUT2D eigenvalue weighted by atomic mass is 9.88. The Morgan fingerprint density at radius 2 is 2.20 bits per heavy atom. The van der Waals surface area contributed by atoms with E-state index in [0.717, 1.165) is 6.42 Å². The van der Waals surface area contributed by atoms with E-state index in [0.29, 0.717) is 6.54 Å². The van der Waals surface area contributed by atoms with E-state index in [2.05, 4.69) is 10.6 Å². The number of hydrogen-bond acceptors (Lipinski definition) is 3. The highest BCUT2D eigenvalue weighted by Crippen LogP contribution is 2.33. The Morgan fingerprint density at radius 3 is 2.73 bits per heavy atom. The van der Waals surface area contributed by atoms with Crippen molar-refractivity contribution in [2.45, 2.75) is 44.3 Å². The summed E-state index contributed by atoms with van der Waals surface area (Å²) in [6.45, 7) is 3.85. The second-order valence-electron chi connectivity index (χ2n) is 4.35. The molecule has 1 rings (SSSR count). The maximum atomic E-state index is 13.5. The van der Waals surface area contributed by atoms with Gasteiger partial charge in [0.05, 0.1) is 6.54 Å². The van der Waals surface area contributed by atoms with Crippen molar-refractivity contribution in [1.82, 2.24) is 10.6 Å². The first-order valence-electron chi connectivity index (χ1n) is 5.45. The van der Waals surface area contributed by atoms with Crippen molar-refractivity contribution in [3.63, 3.8) is 0 Å². The summed E-state index contributed by atoms with van der Waals surface area (Å²) in [5, 5.41) is 15.4. The Bertz CT molecular complexity index is 214. The van der Waals surface area contributed by atoms with Crippen LogP contribution in [-0.4, -0.2) is 42.3 Å². The van der Waals surface area contributed by atoms with Crippen molar-refractivity contribution in [1.29, 1.82) is 0 Å². The molecule has 3 N–H and O–H groups in total. The standard InChI is InChI=1S/C10H20F2N2O/c1-3-8(2)14-6-9(15)4-5-13-7-10(9,11)12/h8,13-15H,3-7H2,1-2H3. The third kappa shape index (κ3) is 2.86. The Balaban J connectivity index is 2.55. The molecule has 0 spiro atoms. The maximum Gasteiger partial charge on any atom is 0.289 e. The van der Waals surface area contributed by atoms with Crippen LogP contribution in [0.2, 0.25) is 0 Å². The highest BCUT2D eigenvalue weighted by Gasteiger charge is 2.53. The molecule has 0 aromatic carbocycles. The lowest BCUT2D eigenvalue weighted by Crippen LogP contribution is -2.63. The Kier molecular flexibility index (Phi) is 4.03. The Hall–Kier alpha value is -0.260. The van der Waals surface area contributed by atoms with Crippen LogP contribution in [0.5, 0.6) is 0 Å². The molecule has 0 saturated carbocycles. The number of aliphatic hydroxyl groups is 1. The van der Waals surface area contributed by atoms with Crippen molar-refractivity contribution < 1.29 is 13.9 Å². The van der Waals surface area contributed by atoms with Gasteiger partial charge in [0.15, 0.2) is 0 Å². The third-order valence-electron chi connectivity index (χ3n) is 3.10. The number of piperidine rings is 1. The molecule has 1 aliphatic rings. The fourth-order valence-electron chi connectivity index (χ4n) is 1.59. The van der Waals surface area contributed by atoms with Crippen molar-refractivity contribution in [2.24, 2.45) is 0 Å². The van der Waals surface area contributed by atoms with Gasteiger partial charge >= 0.3 is 0 Å². The van der Waals surface area contributed by atoms with Crippen molar-refractivity contribution >= 4 is 0 Å². The summed E-state index contributed by atoms with van der Waals surface area (Å²) < 4.78 is 26.9. The van der Waals surface area contributed by atoms with Crippen LogP contribution in [0.3, 0.4) is 0 Å². The first kappa shape index (κ1) is 12.8. The third-order valence-corrected chi connectivity index (χ3v) is 3.10. The molecular formula is C10H20F2N2O. The SMILES string of the molecule is CCC(C)NCC1(O)CCNCC1(F)F. The largest absolute Gasteiger partial charge is 0.382 e. The van der Waals surface area contributed by atoms with Gasteiger partial charge in [0.1, 0.15) is 5.60 Å². The molecule has 1 fully saturated rings. The average Bonchev–Trinajstić information content (AvgIpc) is 2.19. The van der Waals surface area contributed by atoms with Crippen LogP contribution in [0.15, 0.2) is 0 Å². The molecule has 3 nitrogen and oxygen atoms in total. The van der Waals surface area contributed by atoms with Crippen LogP contribution in [0.4, 0.5) is 8.78 Å².